The third-order valence-corrected chi connectivity index (χ3v) is 5.40. The SMILES string of the molecule is COc1ccc(-c2cc(C(=O)Nc3c(C)cc(C)nc3C)c3ccccc3n2)cc1OC. The number of carbonyl (C=O) groups is 1. The van der Waals surface area contributed by atoms with E-state index < -0.39 is 0 Å². The highest BCUT2D eigenvalue weighted by Crippen LogP contribution is 2.33. The number of nitrogens with one attached hydrogen (secondary N) is 1. The van der Waals surface area contributed by atoms with Gasteiger partial charge in [0.05, 0.1) is 42.4 Å². The first-order valence-electron chi connectivity index (χ1n) is 10.3. The first-order chi connectivity index (χ1) is 15.4. The summed E-state index contributed by atoms with van der Waals surface area (Å²) in [7, 11) is 3.19. The maximum absolute atomic E-state index is 13.4. The molecule has 0 aliphatic carbocycles. The predicted octanol–water partition coefficient (Wildman–Crippen LogP) is 5.49. The first-order valence-corrected chi connectivity index (χ1v) is 10.3. The fourth-order valence-corrected chi connectivity index (χ4v) is 3.90. The summed E-state index contributed by atoms with van der Waals surface area (Å²) in [6.45, 7) is 5.81. The lowest BCUT2D eigenvalue weighted by Gasteiger charge is -2.14. The molecule has 4 aromatic rings. The largest absolute Gasteiger partial charge is 0.493 e. The highest BCUT2D eigenvalue weighted by atomic mass is 16.5. The molecular weight excluding hydrogens is 402 g/mol. The number of para-hydroxylation sites is 1. The Morgan fingerprint density at radius 3 is 2.34 bits per heavy atom. The smallest absolute Gasteiger partial charge is 0.256 e. The Hall–Kier alpha value is -3.93. The van der Waals surface area contributed by atoms with Gasteiger partial charge in [0, 0.05) is 16.6 Å². The van der Waals surface area contributed by atoms with E-state index in [-0.39, 0.29) is 5.91 Å². The van der Waals surface area contributed by atoms with Gasteiger partial charge < -0.3 is 14.8 Å². The van der Waals surface area contributed by atoms with Crippen molar-refractivity contribution in [3.63, 3.8) is 0 Å². The van der Waals surface area contributed by atoms with Gasteiger partial charge in [-0.05, 0) is 62.7 Å². The maximum Gasteiger partial charge on any atom is 0.256 e. The molecule has 0 atom stereocenters. The van der Waals surface area contributed by atoms with Crippen molar-refractivity contribution >= 4 is 22.5 Å². The summed E-state index contributed by atoms with van der Waals surface area (Å²) in [6, 6.07) is 17.0. The first kappa shape index (κ1) is 21.3. The summed E-state index contributed by atoms with van der Waals surface area (Å²) in [5.41, 5.74) is 6.19. The highest BCUT2D eigenvalue weighted by molar-refractivity contribution is 6.13. The molecule has 2 aromatic carbocycles. The molecule has 0 spiro atoms. The molecular formula is C26H25N3O3. The molecule has 1 amide bonds. The van der Waals surface area contributed by atoms with E-state index in [9.17, 15) is 4.79 Å². The van der Waals surface area contributed by atoms with Gasteiger partial charge >= 0.3 is 0 Å². The molecule has 0 aliphatic rings. The normalized spacial score (nSPS) is 10.8. The number of nitrogens with zero attached hydrogens (tertiary/aromatic N) is 2. The molecule has 0 saturated carbocycles. The molecule has 0 radical (unpaired) electrons. The predicted molar refractivity (Wildman–Crippen MR) is 127 cm³/mol. The van der Waals surface area contributed by atoms with Gasteiger partial charge in [0.25, 0.3) is 5.91 Å². The molecule has 1 N–H and O–H groups in total. The molecule has 32 heavy (non-hydrogen) atoms. The van der Waals surface area contributed by atoms with Crippen LogP contribution >= 0.6 is 0 Å². The lowest BCUT2D eigenvalue weighted by molar-refractivity contribution is 0.102. The van der Waals surface area contributed by atoms with Crippen molar-refractivity contribution < 1.29 is 14.3 Å². The van der Waals surface area contributed by atoms with Crippen LogP contribution in [0.3, 0.4) is 0 Å². The summed E-state index contributed by atoms with van der Waals surface area (Å²) in [5.74, 6) is 1.03. The maximum atomic E-state index is 13.4. The van der Waals surface area contributed by atoms with Crippen LogP contribution in [0.4, 0.5) is 5.69 Å². The van der Waals surface area contributed by atoms with Crippen LogP contribution in [0.1, 0.15) is 27.3 Å². The van der Waals surface area contributed by atoms with Crippen LogP contribution in [0.5, 0.6) is 11.5 Å². The molecule has 6 heteroatoms. The number of fused-ring (bicyclic) bond motifs is 1. The Kier molecular flexibility index (Phi) is 5.77. The molecule has 0 saturated heterocycles. The Balaban J connectivity index is 1.82. The van der Waals surface area contributed by atoms with Crippen LogP contribution in [0.15, 0.2) is 54.6 Å². The molecule has 0 aliphatic heterocycles. The standard InChI is InChI=1S/C26H25N3O3/c1-15-12-16(2)27-17(3)25(15)29-26(30)20-14-22(28-21-9-7-6-8-19(20)21)18-10-11-23(31-4)24(13-18)32-5/h6-14H,1-5H3,(H,29,30). The van der Waals surface area contributed by atoms with E-state index in [0.29, 0.717) is 22.8 Å². The lowest BCUT2D eigenvalue weighted by Crippen LogP contribution is -2.15. The number of amides is 1. The number of anilines is 1. The average Bonchev–Trinajstić information content (AvgIpc) is 2.80. The quantitative estimate of drug-likeness (QED) is 0.456. The van der Waals surface area contributed by atoms with E-state index in [2.05, 4.69) is 10.3 Å². The van der Waals surface area contributed by atoms with Crippen molar-refractivity contribution in [2.75, 3.05) is 19.5 Å². The van der Waals surface area contributed by atoms with Gasteiger partial charge in [-0.15, -0.1) is 0 Å². The van der Waals surface area contributed by atoms with E-state index in [1.165, 1.54) is 0 Å². The van der Waals surface area contributed by atoms with Crippen LogP contribution in [-0.4, -0.2) is 30.1 Å². The van der Waals surface area contributed by atoms with Crippen LogP contribution in [0, 0.1) is 20.8 Å². The minimum atomic E-state index is -0.206. The third kappa shape index (κ3) is 3.99. The van der Waals surface area contributed by atoms with Gasteiger partial charge in [-0.3, -0.25) is 9.78 Å². The summed E-state index contributed by atoms with van der Waals surface area (Å²) in [4.78, 5) is 22.7. The second kappa shape index (κ2) is 8.67. The lowest BCUT2D eigenvalue weighted by atomic mass is 10.0. The van der Waals surface area contributed by atoms with Crippen LogP contribution in [0.2, 0.25) is 0 Å². The van der Waals surface area contributed by atoms with Gasteiger partial charge in [-0.1, -0.05) is 18.2 Å². The molecule has 162 valence electrons. The fourth-order valence-electron chi connectivity index (χ4n) is 3.90. The second-order valence-electron chi connectivity index (χ2n) is 7.64. The monoisotopic (exact) mass is 427 g/mol. The number of hydrogen-bond acceptors (Lipinski definition) is 5. The average molecular weight is 428 g/mol. The highest BCUT2D eigenvalue weighted by Gasteiger charge is 2.17. The van der Waals surface area contributed by atoms with Gasteiger partial charge in [-0.25, -0.2) is 4.98 Å². The van der Waals surface area contributed by atoms with Crippen molar-refractivity contribution in [3.05, 3.63) is 77.1 Å². The Bertz CT molecular complexity index is 1310. The summed E-state index contributed by atoms with van der Waals surface area (Å²) < 4.78 is 10.8. The molecule has 4 rings (SSSR count). The van der Waals surface area contributed by atoms with E-state index in [0.717, 1.165) is 39.1 Å². The number of hydrogen-bond donors (Lipinski definition) is 1. The van der Waals surface area contributed by atoms with Crippen LogP contribution in [0.25, 0.3) is 22.2 Å². The molecule has 0 bridgehead atoms. The van der Waals surface area contributed by atoms with Crippen molar-refractivity contribution in [1.29, 1.82) is 0 Å². The van der Waals surface area contributed by atoms with E-state index in [1.807, 2.05) is 75.4 Å². The van der Waals surface area contributed by atoms with Crippen molar-refractivity contribution in [3.8, 4) is 22.8 Å². The number of carbonyl (C=O) groups excluding carboxylic acids is 1. The second-order valence-corrected chi connectivity index (χ2v) is 7.64. The number of methoxy groups -OCH3 is 2. The van der Waals surface area contributed by atoms with Gasteiger partial charge in [0.1, 0.15) is 0 Å². The molecule has 2 heterocycles. The third-order valence-electron chi connectivity index (χ3n) is 5.40. The minimum Gasteiger partial charge on any atom is -0.493 e. The Morgan fingerprint density at radius 2 is 1.62 bits per heavy atom. The van der Waals surface area contributed by atoms with E-state index in [4.69, 9.17) is 14.5 Å². The summed E-state index contributed by atoms with van der Waals surface area (Å²) >= 11 is 0. The Morgan fingerprint density at radius 1 is 0.875 bits per heavy atom. The Labute approximate surface area is 187 Å². The van der Waals surface area contributed by atoms with E-state index >= 15 is 0 Å². The van der Waals surface area contributed by atoms with Crippen molar-refractivity contribution in [2.24, 2.45) is 0 Å². The number of pyridine rings is 2. The number of rotatable bonds is 5. The van der Waals surface area contributed by atoms with E-state index in [1.54, 1.807) is 14.2 Å². The van der Waals surface area contributed by atoms with Gasteiger partial charge in [0.2, 0.25) is 0 Å². The molecule has 6 nitrogen and oxygen atoms in total. The zero-order valence-corrected chi connectivity index (χ0v) is 18.8. The van der Waals surface area contributed by atoms with Crippen LogP contribution < -0.4 is 14.8 Å². The minimum absolute atomic E-state index is 0.206. The zero-order chi connectivity index (χ0) is 22.8. The number of aryl methyl sites for hydroxylation is 3. The number of benzene rings is 2. The zero-order valence-electron chi connectivity index (χ0n) is 18.8. The number of aromatic nitrogens is 2. The summed E-state index contributed by atoms with van der Waals surface area (Å²) in [6.07, 6.45) is 0. The van der Waals surface area contributed by atoms with Crippen molar-refractivity contribution in [1.82, 2.24) is 9.97 Å². The van der Waals surface area contributed by atoms with Gasteiger partial charge in [-0.2, -0.15) is 0 Å². The topological polar surface area (TPSA) is 73.3 Å². The van der Waals surface area contributed by atoms with Gasteiger partial charge in [0.15, 0.2) is 11.5 Å². The fraction of sp³-hybridized carbons (Fsp3) is 0.192. The molecule has 0 unspecified atom stereocenters. The van der Waals surface area contributed by atoms with Crippen LogP contribution in [-0.2, 0) is 0 Å². The van der Waals surface area contributed by atoms with Crippen molar-refractivity contribution in [2.45, 2.75) is 20.8 Å². The summed E-state index contributed by atoms with van der Waals surface area (Å²) in [5, 5.41) is 3.84. The molecule has 0 fully saturated rings. The number of ether oxygens (including phenoxy) is 2. The molecule has 2 aromatic heterocycles.